The van der Waals surface area contributed by atoms with Crippen LogP contribution in [0.3, 0.4) is 0 Å². The number of halogens is 1. The first-order valence-corrected chi connectivity index (χ1v) is 13.4. The van der Waals surface area contributed by atoms with Crippen molar-refractivity contribution in [3.8, 4) is 27.8 Å². The lowest BCUT2D eigenvalue weighted by Crippen LogP contribution is -2.34. The predicted octanol–water partition coefficient (Wildman–Crippen LogP) is 6.94. The molecule has 10 heteroatoms. The van der Waals surface area contributed by atoms with Crippen LogP contribution in [0, 0.1) is 0 Å². The highest BCUT2D eigenvalue weighted by atomic mass is 35.5. The standard InChI is InChI=1S/C27H26ClN3O4S2/c1-4-33-21-13-16(14-22(34-5-2)24(21)35-6-3)25(32)31-27(36)29-17-11-12-18(19(28)15-17)26-30-20-9-7-8-10-23(20)37-26/h7-15H,4-6H2,1-3H3,(H2,29,31,32,36). The molecule has 0 aliphatic heterocycles. The Bertz CT molecular complexity index is 1380. The summed E-state index contributed by atoms with van der Waals surface area (Å²) in [6, 6.07) is 16.6. The third-order valence-electron chi connectivity index (χ3n) is 5.15. The summed E-state index contributed by atoms with van der Waals surface area (Å²) >= 11 is 13.5. The molecular weight excluding hydrogens is 530 g/mol. The first-order chi connectivity index (χ1) is 17.9. The largest absolute Gasteiger partial charge is 0.490 e. The van der Waals surface area contributed by atoms with E-state index in [0.29, 0.717) is 53.3 Å². The van der Waals surface area contributed by atoms with E-state index in [1.54, 1.807) is 29.5 Å². The summed E-state index contributed by atoms with van der Waals surface area (Å²) in [5.74, 6) is 0.902. The van der Waals surface area contributed by atoms with E-state index in [9.17, 15) is 4.79 Å². The summed E-state index contributed by atoms with van der Waals surface area (Å²) in [5.41, 5.74) is 2.71. The van der Waals surface area contributed by atoms with E-state index in [2.05, 4.69) is 15.6 Å². The van der Waals surface area contributed by atoms with E-state index in [1.165, 1.54) is 0 Å². The summed E-state index contributed by atoms with van der Waals surface area (Å²) in [5, 5.41) is 7.18. The number of amides is 1. The van der Waals surface area contributed by atoms with Gasteiger partial charge in [-0.3, -0.25) is 10.1 Å². The number of carbonyl (C=O) groups excluding carboxylic acids is 1. The van der Waals surface area contributed by atoms with Gasteiger partial charge in [0.05, 0.1) is 35.1 Å². The van der Waals surface area contributed by atoms with Crippen molar-refractivity contribution in [1.29, 1.82) is 0 Å². The SMILES string of the molecule is CCOc1cc(C(=O)NC(=S)Nc2ccc(-c3nc4ccccc4s3)c(Cl)c2)cc(OCC)c1OCC. The van der Waals surface area contributed by atoms with E-state index in [-0.39, 0.29) is 5.11 Å². The van der Waals surface area contributed by atoms with Gasteiger partial charge in [-0.2, -0.15) is 0 Å². The van der Waals surface area contributed by atoms with Gasteiger partial charge in [-0.05, 0) is 75.5 Å². The number of fused-ring (bicyclic) bond motifs is 1. The summed E-state index contributed by atoms with van der Waals surface area (Å²) < 4.78 is 18.2. The molecule has 0 aliphatic rings. The van der Waals surface area contributed by atoms with Gasteiger partial charge in [0.2, 0.25) is 5.75 Å². The second kappa shape index (κ2) is 12.2. The van der Waals surface area contributed by atoms with Crippen LogP contribution >= 0.6 is 35.2 Å². The summed E-state index contributed by atoms with van der Waals surface area (Å²) in [7, 11) is 0. The van der Waals surface area contributed by atoms with Crippen molar-refractivity contribution in [2.45, 2.75) is 20.8 Å². The number of rotatable bonds is 9. The molecule has 1 heterocycles. The molecule has 0 unspecified atom stereocenters. The molecule has 4 aromatic rings. The lowest BCUT2D eigenvalue weighted by molar-refractivity contribution is 0.0976. The molecule has 37 heavy (non-hydrogen) atoms. The first kappa shape index (κ1) is 26.7. The van der Waals surface area contributed by atoms with Crippen molar-refractivity contribution >= 4 is 62.1 Å². The number of hydrogen-bond acceptors (Lipinski definition) is 7. The van der Waals surface area contributed by atoms with Gasteiger partial charge < -0.3 is 19.5 Å². The number of anilines is 1. The van der Waals surface area contributed by atoms with Crippen molar-refractivity contribution < 1.29 is 19.0 Å². The van der Waals surface area contributed by atoms with Crippen molar-refractivity contribution in [3.63, 3.8) is 0 Å². The highest BCUT2D eigenvalue weighted by molar-refractivity contribution is 7.80. The maximum absolute atomic E-state index is 13.0. The zero-order chi connectivity index (χ0) is 26.4. The Morgan fingerprint density at radius 2 is 1.65 bits per heavy atom. The molecule has 0 bridgehead atoms. The number of nitrogens with zero attached hydrogens (tertiary/aromatic N) is 1. The number of ether oxygens (including phenoxy) is 3. The van der Waals surface area contributed by atoms with Crippen molar-refractivity contribution in [2.24, 2.45) is 0 Å². The van der Waals surface area contributed by atoms with Crippen LogP contribution in [0.5, 0.6) is 17.2 Å². The Morgan fingerprint density at radius 1 is 0.973 bits per heavy atom. The Hall–Kier alpha value is -3.40. The van der Waals surface area contributed by atoms with E-state index < -0.39 is 5.91 Å². The molecule has 192 valence electrons. The molecule has 3 aromatic carbocycles. The Kier molecular flexibility index (Phi) is 8.81. The Labute approximate surface area is 229 Å². The molecule has 0 saturated heterocycles. The fourth-order valence-electron chi connectivity index (χ4n) is 3.61. The molecule has 1 amide bonds. The third-order valence-corrected chi connectivity index (χ3v) is 6.74. The molecule has 0 fully saturated rings. The quantitative estimate of drug-likeness (QED) is 0.216. The van der Waals surface area contributed by atoms with Gasteiger partial charge in [0.1, 0.15) is 5.01 Å². The van der Waals surface area contributed by atoms with Crippen molar-refractivity contribution in [2.75, 3.05) is 25.1 Å². The van der Waals surface area contributed by atoms with Crippen LogP contribution in [0.2, 0.25) is 5.02 Å². The van der Waals surface area contributed by atoms with Crippen molar-refractivity contribution in [1.82, 2.24) is 10.3 Å². The molecule has 0 aliphatic carbocycles. The average Bonchev–Trinajstić information content (AvgIpc) is 3.30. The average molecular weight is 556 g/mol. The monoisotopic (exact) mass is 555 g/mol. The van der Waals surface area contributed by atoms with E-state index in [0.717, 1.165) is 20.8 Å². The Balaban J connectivity index is 1.48. The molecule has 2 N–H and O–H groups in total. The van der Waals surface area contributed by atoms with Crippen LogP contribution in [-0.4, -0.2) is 35.8 Å². The fraction of sp³-hybridized carbons (Fsp3) is 0.222. The van der Waals surface area contributed by atoms with Gasteiger partial charge in [0, 0.05) is 16.8 Å². The second-order valence-electron chi connectivity index (χ2n) is 7.69. The number of para-hydroxylation sites is 1. The molecule has 0 radical (unpaired) electrons. The summed E-state index contributed by atoms with van der Waals surface area (Å²) in [6.07, 6.45) is 0. The summed E-state index contributed by atoms with van der Waals surface area (Å²) in [4.78, 5) is 17.7. The number of hydrogen-bond donors (Lipinski definition) is 2. The number of benzene rings is 3. The maximum atomic E-state index is 13.0. The molecule has 1 aromatic heterocycles. The lowest BCUT2D eigenvalue weighted by Gasteiger charge is -2.17. The highest BCUT2D eigenvalue weighted by Gasteiger charge is 2.19. The van der Waals surface area contributed by atoms with E-state index in [4.69, 9.17) is 38.0 Å². The van der Waals surface area contributed by atoms with Gasteiger partial charge in [-0.15, -0.1) is 11.3 Å². The minimum absolute atomic E-state index is 0.124. The number of nitrogens with one attached hydrogen (secondary N) is 2. The van der Waals surface area contributed by atoms with Gasteiger partial charge in [0.15, 0.2) is 16.6 Å². The number of aromatic nitrogens is 1. The van der Waals surface area contributed by atoms with Gasteiger partial charge in [-0.1, -0.05) is 23.7 Å². The van der Waals surface area contributed by atoms with Crippen LogP contribution in [0.15, 0.2) is 54.6 Å². The lowest BCUT2D eigenvalue weighted by atomic mass is 10.1. The third kappa shape index (κ3) is 6.30. The van der Waals surface area contributed by atoms with Crippen LogP contribution in [0.25, 0.3) is 20.8 Å². The number of thiocarbonyl (C=S) groups is 1. The molecule has 0 saturated carbocycles. The van der Waals surface area contributed by atoms with Crippen LogP contribution in [0.1, 0.15) is 31.1 Å². The molecule has 7 nitrogen and oxygen atoms in total. The molecule has 4 rings (SSSR count). The zero-order valence-corrected chi connectivity index (χ0v) is 23.0. The maximum Gasteiger partial charge on any atom is 0.257 e. The van der Waals surface area contributed by atoms with Gasteiger partial charge in [0.25, 0.3) is 5.91 Å². The minimum Gasteiger partial charge on any atom is -0.490 e. The van der Waals surface area contributed by atoms with Crippen molar-refractivity contribution in [3.05, 3.63) is 65.2 Å². The minimum atomic E-state index is -0.417. The van der Waals surface area contributed by atoms with Crippen LogP contribution in [0.4, 0.5) is 5.69 Å². The number of carbonyl (C=O) groups is 1. The molecular formula is C27H26ClN3O4S2. The van der Waals surface area contributed by atoms with E-state index >= 15 is 0 Å². The van der Waals surface area contributed by atoms with E-state index in [1.807, 2.05) is 57.2 Å². The number of thiazole rings is 1. The van der Waals surface area contributed by atoms with Crippen LogP contribution < -0.4 is 24.8 Å². The fourth-order valence-corrected chi connectivity index (χ4v) is 5.15. The van der Waals surface area contributed by atoms with Gasteiger partial charge in [-0.25, -0.2) is 4.98 Å². The Morgan fingerprint density at radius 3 is 2.27 bits per heavy atom. The summed E-state index contributed by atoms with van der Waals surface area (Å²) in [6.45, 7) is 6.83. The topological polar surface area (TPSA) is 81.7 Å². The van der Waals surface area contributed by atoms with Crippen LogP contribution in [-0.2, 0) is 0 Å². The zero-order valence-electron chi connectivity index (χ0n) is 20.6. The predicted molar refractivity (Wildman–Crippen MR) is 154 cm³/mol. The molecule has 0 spiro atoms. The van der Waals surface area contributed by atoms with Gasteiger partial charge >= 0.3 is 0 Å². The smallest absolute Gasteiger partial charge is 0.257 e. The normalized spacial score (nSPS) is 10.7. The second-order valence-corrected chi connectivity index (χ2v) is 9.54. The first-order valence-electron chi connectivity index (χ1n) is 11.8. The highest BCUT2D eigenvalue weighted by Crippen LogP contribution is 2.39. The molecule has 0 atom stereocenters.